The molecule has 0 radical (unpaired) electrons. The largest absolute Gasteiger partial charge is 0.339 e. The van der Waals surface area contributed by atoms with Gasteiger partial charge in [-0.1, -0.05) is 13.8 Å². The van der Waals surface area contributed by atoms with Crippen molar-refractivity contribution in [3.8, 4) is 0 Å². The molecule has 2 aliphatic carbocycles. The summed E-state index contributed by atoms with van der Waals surface area (Å²) in [6.45, 7) is 5.70. The Labute approximate surface area is 156 Å². The Kier molecular flexibility index (Phi) is 5.97. The quantitative estimate of drug-likeness (QED) is 0.786. The lowest BCUT2D eigenvalue weighted by Crippen LogP contribution is -2.42. The minimum Gasteiger partial charge on any atom is -0.339 e. The van der Waals surface area contributed by atoms with Crippen molar-refractivity contribution in [2.45, 2.75) is 52.0 Å². The average Bonchev–Trinajstić information content (AvgIpc) is 3.22. The van der Waals surface area contributed by atoms with Crippen LogP contribution in [0.15, 0.2) is 24.3 Å². The van der Waals surface area contributed by atoms with Crippen LogP contribution in [0.2, 0.25) is 0 Å². The lowest BCUT2D eigenvalue weighted by Gasteiger charge is -2.27. The van der Waals surface area contributed by atoms with E-state index in [1.165, 1.54) is 6.42 Å². The highest BCUT2D eigenvalue weighted by molar-refractivity contribution is 5.96. The lowest BCUT2D eigenvalue weighted by atomic mass is 9.84. The first kappa shape index (κ1) is 18.9. The van der Waals surface area contributed by atoms with E-state index >= 15 is 0 Å². The van der Waals surface area contributed by atoms with Crippen LogP contribution < -0.4 is 11.1 Å². The lowest BCUT2D eigenvalue weighted by molar-refractivity contribution is -0.121. The minimum atomic E-state index is -0.0698. The summed E-state index contributed by atoms with van der Waals surface area (Å²) in [7, 11) is 0. The molecule has 0 spiro atoms. The van der Waals surface area contributed by atoms with Crippen LogP contribution in [-0.4, -0.2) is 35.8 Å². The van der Waals surface area contributed by atoms with E-state index in [0.717, 1.165) is 44.5 Å². The molecule has 2 aliphatic rings. The Balaban J connectivity index is 1.62. The van der Waals surface area contributed by atoms with Crippen LogP contribution in [0, 0.1) is 17.8 Å². The molecule has 1 aromatic carbocycles. The highest BCUT2D eigenvalue weighted by Crippen LogP contribution is 2.47. The number of nitrogens with two attached hydrogens (primary N) is 1. The number of anilines is 1. The number of amides is 2. The van der Waals surface area contributed by atoms with Crippen LogP contribution in [0.1, 0.15) is 56.3 Å². The maximum Gasteiger partial charge on any atom is 0.253 e. The number of benzene rings is 1. The summed E-state index contributed by atoms with van der Waals surface area (Å²) in [5.74, 6) is 0.968. The van der Waals surface area contributed by atoms with Gasteiger partial charge in [0, 0.05) is 30.4 Å². The predicted octanol–water partition coefficient (Wildman–Crippen LogP) is 3.26. The molecular weight excluding hydrogens is 326 g/mol. The van der Waals surface area contributed by atoms with Gasteiger partial charge in [-0.2, -0.15) is 0 Å². The van der Waals surface area contributed by atoms with Crippen molar-refractivity contribution in [3.05, 3.63) is 29.8 Å². The fraction of sp³-hybridized carbons (Fsp3) is 0.619. The van der Waals surface area contributed by atoms with Crippen molar-refractivity contribution >= 4 is 17.5 Å². The van der Waals surface area contributed by atoms with Crippen molar-refractivity contribution in [1.29, 1.82) is 0 Å². The molecule has 0 aliphatic heterocycles. The monoisotopic (exact) mass is 357 g/mol. The molecule has 0 saturated heterocycles. The first-order valence-electron chi connectivity index (χ1n) is 10.0. The first-order chi connectivity index (χ1) is 12.5. The summed E-state index contributed by atoms with van der Waals surface area (Å²) in [5, 5.41) is 3.00. The Morgan fingerprint density at radius 2 is 1.69 bits per heavy atom. The number of nitrogens with one attached hydrogen (secondary N) is 1. The van der Waals surface area contributed by atoms with Gasteiger partial charge in [0.2, 0.25) is 5.91 Å². The van der Waals surface area contributed by atoms with E-state index in [1.807, 2.05) is 17.0 Å². The Morgan fingerprint density at radius 1 is 1.08 bits per heavy atom. The van der Waals surface area contributed by atoms with Crippen LogP contribution in [0.5, 0.6) is 0 Å². The third kappa shape index (κ3) is 3.78. The van der Waals surface area contributed by atoms with Crippen LogP contribution in [0.3, 0.4) is 0 Å². The van der Waals surface area contributed by atoms with Gasteiger partial charge in [-0.15, -0.1) is 0 Å². The standard InChI is InChI=1S/C21H31N3O2/c1-3-11-24(12-4-2)21(26)14-7-9-17(10-8-14)23-20(25)18-15-5-6-16(13-15)19(18)22/h7-10,15-16,18-19H,3-6,11-13,22H2,1-2H3,(H,23,25). The summed E-state index contributed by atoms with van der Waals surface area (Å²) in [5.41, 5.74) is 7.67. The van der Waals surface area contributed by atoms with E-state index in [4.69, 9.17) is 5.73 Å². The van der Waals surface area contributed by atoms with Gasteiger partial charge in [0.05, 0.1) is 5.92 Å². The van der Waals surface area contributed by atoms with Gasteiger partial charge in [0.1, 0.15) is 0 Å². The fourth-order valence-corrected chi connectivity index (χ4v) is 4.68. The summed E-state index contributed by atoms with van der Waals surface area (Å²) in [6.07, 6.45) is 5.28. The minimum absolute atomic E-state index is 0.00810. The second-order valence-corrected chi connectivity index (χ2v) is 7.80. The van der Waals surface area contributed by atoms with E-state index in [-0.39, 0.29) is 23.8 Å². The van der Waals surface area contributed by atoms with Crippen LogP contribution in [0.25, 0.3) is 0 Å². The van der Waals surface area contributed by atoms with Gasteiger partial charge in [-0.3, -0.25) is 9.59 Å². The average molecular weight is 357 g/mol. The number of carbonyl (C=O) groups is 2. The zero-order chi connectivity index (χ0) is 18.7. The highest BCUT2D eigenvalue weighted by atomic mass is 16.2. The number of carbonyl (C=O) groups excluding carboxylic acids is 2. The Morgan fingerprint density at radius 3 is 2.23 bits per heavy atom. The van der Waals surface area contributed by atoms with E-state index in [9.17, 15) is 9.59 Å². The summed E-state index contributed by atoms with van der Waals surface area (Å²) in [4.78, 5) is 27.2. The number of rotatable bonds is 7. The highest BCUT2D eigenvalue weighted by Gasteiger charge is 2.49. The van der Waals surface area contributed by atoms with Crippen molar-refractivity contribution in [2.75, 3.05) is 18.4 Å². The molecule has 3 N–H and O–H groups in total. The Bertz CT molecular complexity index is 635. The van der Waals surface area contributed by atoms with Gasteiger partial charge < -0.3 is 16.0 Å². The molecule has 4 atom stereocenters. The molecule has 1 aromatic rings. The third-order valence-electron chi connectivity index (χ3n) is 5.96. The number of hydrogen-bond donors (Lipinski definition) is 2. The van der Waals surface area contributed by atoms with Crippen LogP contribution >= 0.6 is 0 Å². The SMILES string of the molecule is CCCN(CCC)C(=O)c1ccc(NC(=O)C2C3CCC(C3)C2N)cc1. The topological polar surface area (TPSA) is 75.4 Å². The molecule has 5 nitrogen and oxygen atoms in total. The summed E-state index contributed by atoms with van der Waals surface area (Å²) < 4.78 is 0. The van der Waals surface area contributed by atoms with Gasteiger partial charge in [0.15, 0.2) is 0 Å². The predicted molar refractivity (Wildman–Crippen MR) is 104 cm³/mol. The summed E-state index contributed by atoms with van der Waals surface area (Å²) >= 11 is 0. The smallest absolute Gasteiger partial charge is 0.253 e. The van der Waals surface area contributed by atoms with Gasteiger partial charge in [-0.05, 0) is 68.2 Å². The van der Waals surface area contributed by atoms with Crippen LogP contribution in [-0.2, 0) is 4.79 Å². The molecule has 4 unspecified atom stereocenters. The molecule has 5 heteroatoms. The number of nitrogens with zero attached hydrogens (tertiary/aromatic N) is 1. The van der Waals surface area contributed by atoms with Gasteiger partial charge in [0.25, 0.3) is 5.91 Å². The van der Waals surface area contributed by atoms with E-state index in [2.05, 4.69) is 19.2 Å². The van der Waals surface area contributed by atoms with Crippen LogP contribution in [0.4, 0.5) is 5.69 Å². The molecule has 3 rings (SSSR count). The van der Waals surface area contributed by atoms with E-state index in [0.29, 0.717) is 17.4 Å². The molecule has 2 bridgehead atoms. The molecule has 0 aromatic heterocycles. The summed E-state index contributed by atoms with van der Waals surface area (Å²) in [6, 6.07) is 7.24. The zero-order valence-electron chi connectivity index (χ0n) is 15.9. The second kappa shape index (κ2) is 8.21. The maximum absolute atomic E-state index is 12.6. The van der Waals surface area contributed by atoms with Gasteiger partial charge >= 0.3 is 0 Å². The number of hydrogen-bond acceptors (Lipinski definition) is 3. The van der Waals surface area contributed by atoms with E-state index < -0.39 is 0 Å². The molecule has 2 saturated carbocycles. The van der Waals surface area contributed by atoms with Gasteiger partial charge in [-0.25, -0.2) is 0 Å². The normalized spacial score (nSPS) is 26.7. The van der Waals surface area contributed by atoms with Crippen molar-refractivity contribution in [3.63, 3.8) is 0 Å². The van der Waals surface area contributed by atoms with E-state index in [1.54, 1.807) is 12.1 Å². The first-order valence-corrected chi connectivity index (χ1v) is 10.0. The van der Waals surface area contributed by atoms with Crippen molar-refractivity contribution < 1.29 is 9.59 Å². The number of fused-ring (bicyclic) bond motifs is 2. The molecule has 142 valence electrons. The maximum atomic E-state index is 12.6. The van der Waals surface area contributed by atoms with Crippen molar-refractivity contribution in [2.24, 2.45) is 23.5 Å². The second-order valence-electron chi connectivity index (χ2n) is 7.80. The molecule has 26 heavy (non-hydrogen) atoms. The third-order valence-corrected chi connectivity index (χ3v) is 5.96. The zero-order valence-corrected chi connectivity index (χ0v) is 15.9. The van der Waals surface area contributed by atoms with Crippen molar-refractivity contribution in [1.82, 2.24) is 4.90 Å². The molecular formula is C21H31N3O2. The molecule has 2 fully saturated rings. The molecule has 2 amide bonds. The Hall–Kier alpha value is -1.88. The molecule has 0 heterocycles. The fourth-order valence-electron chi connectivity index (χ4n) is 4.68.